The lowest BCUT2D eigenvalue weighted by atomic mass is 10.2. The SMILES string of the molecule is CCSc1ncc2c(=O)n(CC(=O)Nc3ccc(NC(C)=O)cc3)cnc2n1. The molecule has 0 aliphatic rings. The molecule has 2 heterocycles. The van der Waals surface area contributed by atoms with Crippen LogP contribution in [0.2, 0.25) is 0 Å². The zero-order valence-corrected chi connectivity index (χ0v) is 16.1. The number of aromatic nitrogens is 4. The van der Waals surface area contributed by atoms with Gasteiger partial charge in [-0.1, -0.05) is 18.7 Å². The first kappa shape index (κ1) is 19.5. The number of anilines is 2. The Morgan fingerprint density at radius 1 is 1.11 bits per heavy atom. The first-order chi connectivity index (χ1) is 13.5. The van der Waals surface area contributed by atoms with Crippen LogP contribution in [-0.2, 0) is 16.1 Å². The van der Waals surface area contributed by atoms with Crippen LogP contribution in [0.25, 0.3) is 11.0 Å². The molecule has 10 heteroatoms. The molecule has 2 aromatic heterocycles. The van der Waals surface area contributed by atoms with Crippen LogP contribution in [0.15, 0.2) is 46.7 Å². The molecule has 0 bridgehead atoms. The molecule has 144 valence electrons. The average Bonchev–Trinajstić information content (AvgIpc) is 2.65. The van der Waals surface area contributed by atoms with Gasteiger partial charge in [0, 0.05) is 24.5 Å². The zero-order chi connectivity index (χ0) is 20.1. The number of thioether (sulfide) groups is 1. The van der Waals surface area contributed by atoms with Crippen molar-refractivity contribution in [1.82, 2.24) is 19.5 Å². The molecule has 0 fully saturated rings. The standard InChI is InChI=1S/C18H18N6O3S/c1-3-28-18-19-8-14-16(23-18)20-10-24(17(14)27)9-15(26)22-13-6-4-12(5-7-13)21-11(2)25/h4-8,10H,3,9H2,1-2H3,(H,21,25)(H,22,26). The minimum atomic E-state index is -0.380. The summed E-state index contributed by atoms with van der Waals surface area (Å²) in [6.45, 7) is 3.20. The number of rotatable bonds is 6. The Morgan fingerprint density at radius 2 is 1.79 bits per heavy atom. The van der Waals surface area contributed by atoms with Gasteiger partial charge in [0.1, 0.15) is 18.3 Å². The summed E-state index contributed by atoms with van der Waals surface area (Å²) in [5.74, 6) is 0.258. The number of hydrogen-bond acceptors (Lipinski definition) is 7. The van der Waals surface area contributed by atoms with Crippen LogP contribution in [0.3, 0.4) is 0 Å². The second kappa shape index (κ2) is 8.61. The summed E-state index contributed by atoms with van der Waals surface area (Å²) in [6, 6.07) is 6.66. The topological polar surface area (TPSA) is 119 Å². The van der Waals surface area contributed by atoms with Gasteiger partial charge in [-0.2, -0.15) is 0 Å². The number of fused-ring (bicyclic) bond motifs is 1. The Labute approximate surface area is 164 Å². The van der Waals surface area contributed by atoms with E-state index >= 15 is 0 Å². The Morgan fingerprint density at radius 3 is 2.43 bits per heavy atom. The van der Waals surface area contributed by atoms with Crippen LogP contribution in [0, 0.1) is 0 Å². The van der Waals surface area contributed by atoms with E-state index in [1.165, 1.54) is 35.8 Å². The molecule has 0 unspecified atom stereocenters. The van der Waals surface area contributed by atoms with E-state index in [2.05, 4.69) is 25.6 Å². The minimum absolute atomic E-state index is 0.177. The molecule has 9 nitrogen and oxygen atoms in total. The van der Waals surface area contributed by atoms with Crippen molar-refractivity contribution in [1.29, 1.82) is 0 Å². The molecule has 1 aromatic carbocycles. The molecule has 0 aliphatic carbocycles. The molecule has 2 amide bonds. The van der Waals surface area contributed by atoms with Gasteiger partial charge < -0.3 is 10.6 Å². The van der Waals surface area contributed by atoms with E-state index in [4.69, 9.17) is 0 Å². The third-order valence-corrected chi connectivity index (χ3v) is 4.38. The van der Waals surface area contributed by atoms with Crippen LogP contribution in [0.4, 0.5) is 11.4 Å². The van der Waals surface area contributed by atoms with E-state index in [1.807, 2.05) is 6.92 Å². The number of carbonyl (C=O) groups is 2. The van der Waals surface area contributed by atoms with E-state index < -0.39 is 0 Å². The van der Waals surface area contributed by atoms with Gasteiger partial charge >= 0.3 is 0 Å². The fourth-order valence-electron chi connectivity index (χ4n) is 2.44. The lowest BCUT2D eigenvalue weighted by molar-refractivity contribution is -0.117. The molecule has 28 heavy (non-hydrogen) atoms. The third-order valence-electron chi connectivity index (χ3n) is 3.63. The summed E-state index contributed by atoms with van der Waals surface area (Å²) in [4.78, 5) is 48.4. The highest BCUT2D eigenvalue weighted by Gasteiger charge is 2.11. The van der Waals surface area contributed by atoms with Crippen molar-refractivity contribution < 1.29 is 9.59 Å². The quantitative estimate of drug-likeness (QED) is 0.481. The van der Waals surface area contributed by atoms with Gasteiger partial charge in [0.2, 0.25) is 11.8 Å². The molecule has 0 saturated carbocycles. The minimum Gasteiger partial charge on any atom is -0.326 e. The third kappa shape index (κ3) is 4.71. The van der Waals surface area contributed by atoms with Crippen LogP contribution in [0.5, 0.6) is 0 Å². The van der Waals surface area contributed by atoms with Gasteiger partial charge in [-0.15, -0.1) is 0 Å². The highest BCUT2D eigenvalue weighted by Crippen LogP contribution is 2.14. The first-order valence-corrected chi connectivity index (χ1v) is 9.47. The maximum atomic E-state index is 12.5. The Balaban J connectivity index is 1.72. The van der Waals surface area contributed by atoms with Crippen molar-refractivity contribution >= 4 is 46.0 Å². The first-order valence-electron chi connectivity index (χ1n) is 8.48. The smallest absolute Gasteiger partial charge is 0.264 e. The maximum Gasteiger partial charge on any atom is 0.264 e. The van der Waals surface area contributed by atoms with Crippen LogP contribution >= 0.6 is 11.8 Å². The van der Waals surface area contributed by atoms with E-state index in [0.717, 1.165) is 5.75 Å². The fraction of sp³-hybridized carbons (Fsp3) is 0.222. The highest BCUT2D eigenvalue weighted by molar-refractivity contribution is 7.99. The van der Waals surface area contributed by atoms with Crippen molar-refractivity contribution in [3.8, 4) is 0 Å². The Bertz CT molecular complexity index is 1080. The summed E-state index contributed by atoms with van der Waals surface area (Å²) in [5, 5.41) is 6.16. The molecule has 0 radical (unpaired) electrons. The van der Waals surface area contributed by atoms with E-state index in [9.17, 15) is 14.4 Å². The van der Waals surface area contributed by atoms with Gasteiger partial charge in [0.05, 0.1) is 0 Å². The second-order valence-corrected chi connectivity index (χ2v) is 7.04. The molecule has 2 N–H and O–H groups in total. The number of nitrogens with one attached hydrogen (secondary N) is 2. The van der Waals surface area contributed by atoms with Gasteiger partial charge in [-0.25, -0.2) is 15.0 Å². The maximum absolute atomic E-state index is 12.5. The normalized spacial score (nSPS) is 10.6. The van der Waals surface area contributed by atoms with E-state index in [-0.39, 0.29) is 29.3 Å². The van der Waals surface area contributed by atoms with E-state index in [0.29, 0.717) is 22.2 Å². The predicted molar refractivity (Wildman–Crippen MR) is 107 cm³/mol. The number of amides is 2. The fourth-order valence-corrected chi connectivity index (χ4v) is 2.98. The highest BCUT2D eigenvalue weighted by atomic mass is 32.2. The number of nitrogens with zero attached hydrogens (tertiary/aromatic N) is 4. The lowest BCUT2D eigenvalue weighted by Crippen LogP contribution is -2.28. The molecule has 3 aromatic rings. The zero-order valence-electron chi connectivity index (χ0n) is 15.3. The van der Waals surface area contributed by atoms with Crippen molar-refractivity contribution in [2.45, 2.75) is 25.5 Å². The molecule has 0 atom stereocenters. The van der Waals surface area contributed by atoms with Crippen LogP contribution in [0.1, 0.15) is 13.8 Å². The predicted octanol–water partition coefficient (Wildman–Crippen LogP) is 1.90. The van der Waals surface area contributed by atoms with Crippen molar-refractivity contribution in [3.63, 3.8) is 0 Å². The molecular weight excluding hydrogens is 380 g/mol. The summed E-state index contributed by atoms with van der Waals surface area (Å²) < 4.78 is 1.21. The molecule has 3 rings (SSSR count). The van der Waals surface area contributed by atoms with Crippen LogP contribution in [-0.4, -0.2) is 37.1 Å². The van der Waals surface area contributed by atoms with Gasteiger partial charge in [0.25, 0.3) is 5.56 Å². The average molecular weight is 398 g/mol. The van der Waals surface area contributed by atoms with Crippen molar-refractivity contribution in [2.24, 2.45) is 0 Å². The summed E-state index contributed by atoms with van der Waals surface area (Å²) in [7, 11) is 0. The van der Waals surface area contributed by atoms with Gasteiger partial charge in [-0.05, 0) is 30.0 Å². The number of benzene rings is 1. The molecular formula is C18H18N6O3S. The summed E-state index contributed by atoms with van der Waals surface area (Å²) in [5.41, 5.74) is 1.10. The molecule has 0 aliphatic heterocycles. The largest absolute Gasteiger partial charge is 0.326 e. The molecule has 0 saturated heterocycles. The lowest BCUT2D eigenvalue weighted by Gasteiger charge is -2.09. The number of hydrogen-bond donors (Lipinski definition) is 2. The Hall–Kier alpha value is -3.27. The molecule has 0 spiro atoms. The second-order valence-electron chi connectivity index (χ2n) is 5.81. The summed E-state index contributed by atoms with van der Waals surface area (Å²) >= 11 is 1.46. The monoisotopic (exact) mass is 398 g/mol. The van der Waals surface area contributed by atoms with Gasteiger partial charge in [-0.3, -0.25) is 19.0 Å². The van der Waals surface area contributed by atoms with Crippen molar-refractivity contribution in [2.75, 3.05) is 16.4 Å². The van der Waals surface area contributed by atoms with E-state index in [1.54, 1.807) is 24.3 Å². The van der Waals surface area contributed by atoms with Crippen molar-refractivity contribution in [3.05, 3.63) is 47.1 Å². The van der Waals surface area contributed by atoms with Gasteiger partial charge in [0.15, 0.2) is 10.8 Å². The Kier molecular flexibility index (Phi) is 5.99. The van der Waals surface area contributed by atoms with Crippen LogP contribution < -0.4 is 16.2 Å². The summed E-state index contributed by atoms with van der Waals surface area (Å²) in [6.07, 6.45) is 2.74. The number of carbonyl (C=O) groups excluding carboxylic acids is 2.